The summed E-state index contributed by atoms with van der Waals surface area (Å²) < 4.78 is 4.19. The molecule has 0 saturated carbocycles. The number of nitrogens with zero attached hydrogens (tertiary/aromatic N) is 6. The van der Waals surface area contributed by atoms with Gasteiger partial charge in [-0.15, -0.1) is 0 Å². The number of hydrogen-bond acceptors (Lipinski definition) is 4. The van der Waals surface area contributed by atoms with Crippen LogP contribution < -0.4 is 0 Å². The molecular formula is C17H20N6. The fourth-order valence-corrected chi connectivity index (χ4v) is 4.27. The number of aromatic nitrogens is 5. The van der Waals surface area contributed by atoms with Crippen LogP contribution in [0.2, 0.25) is 0 Å². The van der Waals surface area contributed by atoms with E-state index < -0.39 is 0 Å². The number of fused-ring (bicyclic) bond motifs is 6. The SMILES string of the molecule is Cc1cc2ncc3c(n2n1)C[C@@H]1CC[C@H]3N1Cc1cncn1C. The van der Waals surface area contributed by atoms with Crippen LogP contribution >= 0.6 is 0 Å². The monoisotopic (exact) mass is 308 g/mol. The molecule has 5 rings (SSSR count). The van der Waals surface area contributed by atoms with Gasteiger partial charge in [0.2, 0.25) is 0 Å². The van der Waals surface area contributed by atoms with E-state index >= 15 is 0 Å². The van der Waals surface area contributed by atoms with Gasteiger partial charge in [0.25, 0.3) is 0 Å². The van der Waals surface area contributed by atoms with Gasteiger partial charge in [-0.1, -0.05) is 0 Å². The van der Waals surface area contributed by atoms with Gasteiger partial charge in [-0.2, -0.15) is 5.10 Å². The minimum absolute atomic E-state index is 0.458. The highest BCUT2D eigenvalue weighted by Crippen LogP contribution is 2.44. The van der Waals surface area contributed by atoms with Gasteiger partial charge in [0.05, 0.1) is 23.4 Å². The van der Waals surface area contributed by atoms with Gasteiger partial charge in [-0.3, -0.25) is 4.90 Å². The molecule has 0 radical (unpaired) electrons. The fraction of sp³-hybridized carbons (Fsp3) is 0.471. The van der Waals surface area contributed by atoms with Crippen LogP contribution in [0.1, 0.15) is 41.5 Å². The lowest BCUT2D eigenvalue weighted by Gasteiger charge is -2.36. The smallest absolute Gasteiger partial charge is 0.155 e. The van der Waals surface area contributed by atoms with E-state index in [1.54, 1.807) is 0 Å². The Balaban J connectivity index is 1.57. The lowest BCUT2D eigenvalue weighted by Crippen LogP contribution is -2.38. The number of aryl methyl sites for hydroxylation is 2. The van der Waals surface area contributed by atoms with Gasteiger partial charge in [0.15, 0.2) is 5.65 Å². The van der Waals surface area contributed by atoms with Crippen molar-refractivity contribution in [2.75, 3.05) is 0 Å². The third-order valence-electron chi connectivity index (χ3n) is 5.43. The van der Waals surface area contributed by atoms with Crippen LogP contribution in [0.15, 0.2) is 24.8 Å². The molecule has 5 heterocycles. The van der Waals surface area contributed by atoms with E-state index in [-0.39, 0.29) is 0 Å². The largest absolute Gasteiger partial charge is 0.337 e. The van der Waals surface area contributed by atoms with E-state index in [4.69, 9.17) is 0 Å². The van der Waals surface area contributed by atoms with Crippen LogP contribution in [0.25, 0.3) is 5.65 Å². The van der Waals surface area contributed by atoms with Gasteiger partial charge in [0.1, 0.15) is 0 Å². The molecule has 23 heavy (non-hydrogen) atoms. The standard InChI is InChI=1S/C17H20N6/c1-11-5-17-19-8-14-15-4-3-12(6-16(14)23(17)20-11)22(15)9-13-7-18-10-21(13)2/h5,7-8,10,12,15H,3-4,6,9H2,1-2H3/t12-,15+/m0/s1. The molecule has 2 aliphatic rings. The highest BCUT2D eigenvalue weighted by atomic mass is 15.3. The van der Waals surface area contributed by atoms with Crippen molar-refractivity contribution in [2.24, 2.45) is 7.05 Å². The Kier molecular flexibility index (Phi) is 2.68. The summed E-state index contributed by atoms with van der Waals surface area (Å²) in [6, 6.07) is 3.11. The number of rotatable bonds is 2. The average Bonchev–Trinajstić information content (AvgIpc) is 3.18. The van der Waals surface area contributed by atoms with Gasteiger partial charge in [-0.05, 0) is 19.8 Å². The first-order valence-electron chi connectivity index (χ1n) is 8.26. The van der Waals surface area contributed by atoms with Crippen LogP contribution in [-0.4, -0.2) is 35.1 Å². The summed E-state index contributed by atoms with van der Waals surface area (Å²) in [5, 5.41) is 4.66. The molecule has 1 fully saturated rings. The number of hydrogen-bond donors (Lipinski definition) is 0. The first kappa shape index (κ1) is 13.2. The van der Waals surface area contributed by atoms with E-state index in [0.717, 1.165) is 24.3 Å². The molecule has 0 amide bonds. The van der Waals surface area contributed by atoms with Crippen LogP contribution in [0, 0.1) is 6.92 Å². The maximum Gasteiger partial charge on any atom is 0.155 e. The summed E-state index contributed by atoms with van der Waals surface area (Å²) in [4.78, 5) is 11.5. The van der Waals surface area contributed by atoms with Crippen molar-refractivity contribution < 1.29 is 0 Å². The predicted octanol–water partition coefficient (Wildman–Crippen LogP) is 2.03. The Morgan fingerprint density at radius 3 is 3.00 bits per heavy atom. The molecule has 0 aliphatic carbocycles. The third-order valence-corrected chi connectivity index (χ3v) is 5.43. The molecule has 0 spiro atoms. The molecule has 0 N–H and O–H groups in total. The predicted molar refractivity (Wildman–Crippen MR) is 85.9 cm³/mol. The van der Waals surface area contributed by atoms with Crippen molar-refractivity contribution in [2.45, 2.75) is 44.8 Å². The zero-order chi connectivity index (χ0) is 15.6. The maximum atomic E-state index is 4.66. The molecule has 2 bridgehead atoms. The first-order valence-corrected chi connectivity index (χ1v) is 8.26. The molecular weight excluding hydrogens is 288 g/mol. The molecule has 3 aromatic heterocycles. The second kappa shape index (κ2) is 4.64. The minimum atomic E-state index is 0.458. The molecule has 0 aromatic carbocycles. The van der Waals surface area contributed by atoms with Crippen molar-refractivity contribution in [1.82, 2.24) is 29.0 Å². The summed E-state index contributed by atoms with van der Waals surface area (Å²) >= 11 is 0. The molecule has 118 valence electrons. The van der Waals surface area contributed by atoms with Crippen molar-refractivity contribution in [3.8, 4) is 0 Å². The summed E-state index contributed by atoms with van der Waals surface area (Å²) in [6.45, 7) is 2.99. The van der Waals surface area contributed by atoms with Gasteiger partial charge in [-0.25, -0.2) is 14.5 Å². The van der Waals surface area contributed by atoms with Crippen LogP contribution in [0.3, 0.4) is 0 Å². The average molecular weight is 308 g/mol. The van der Waals surface area contributed by atoms with Gasteiger partial charge >= 0.3 is 0 Å². The van der Waals surface area contributed by atoms with Crippen LogP contribution in [0.5, 0.6) is 0 Å². The van der Waals surface area contributed by atoms with E-state index in [9.17, 15) is 0 Å². The van der Waals surface area contributed by atoms with E-state index in [1.165, 1.54) is 29.8 Å². The zero-order valence-corrected chi connectivity index (χ0v) is 13.5. The zero-order valence-electron chi connectivity index (χ0n) is 13.5. The Labute approximate surface area is 134 Å². The van der Waals surface area contributed by atoms with Gasteiger partial charge in [0, 0.05) is 56.1 Å². The first-order chi connectivity index (χ1) is 11.2. The molecule has 2 atom stereocenters. The Hall–Kier alpha value is -2.21. The van der Waals surface area contributed by atoms with Crippen molar-refractivity contribution in [3.63, 3.8) is 0 Å². The summed E-state index contributed by atoms with van der Waals surface area (Å²) in [5.41, 5.74) is 6.00. The molecule has 6 heteroatoms. The molecule has 3 aromatic rings. The van der Waals surface area contributed by atoms with Crippen LogP contribution in [0.4, 0.5) is 0 Å². The number of imidazole rings is 1. The second-order valence-electron chi connectivity index (χ2n) is 6.84. The van der Waals surface area contributed by atoms with E-state index in [2.05, 4.69) is 48.4 Å². The highest BCUT2D eigenvalue weighted by Gasteiger charge is 2.41. The Bertz CT molecular complexity index is 892. The van der Waals surface area contributed by atoms with Crippen molar-refractivity contribution in [3.05, 3.63) is 47.4 Å². The summed E-state index contributed by atoms with van der Waals surface area (Å²) in [6.07, 6.45) is 9.46. The van der Waals surface area contributed by atoms with E-state index in [1.807, 2.05) is 19.4 Å². The van der Waals surface area contributed by atoms with Gasteiger partial charge < -0.3 is 4.57 Å². The molecule has 0 unspecified atom stereocenters. The Morgan fingerprint density at radius 2 is 2.17 bits per heavy atom. The van der Waals surface area contributed by atoms with Crippen molar-refractivity contribution in [1.29, 1.82) is 0 Å². The Morgan fingerprint density at radius 1 is 1.26 bits per heavy atom. The normalized spacial score (nSPS) is 23.6. The minimum Gasteiger partial charge on any atom is -0.337 e. The lowest BCUT2D eigenvalue weighted by atomic mass is 9.99. The highest BCUT2D eigenvalue weighted by molar-refractivity contribution is 5.44. The quantitative estimate of drug-likeness (QED) is 0.727. The lowest BCUT2D eigenvalue weighted by molar-refractivity contribution is 0.161. The third kappa shape index (κ3) is 1.88. The fourth-order valence-electron chi connectivity index (χ4n) is 4.27. The molecule has 2 aliphatic heterocycles. The second-order valence-corrected chi connectivity index (χ2v) is 6.84. The maximum absolute atomic E-state index is 4.66. The molecule has 6 nitrogen and oxygen atoms in total. The van der Waals surface area contributed by atoms with Crippen molar-refractivity contribution >= 4 is 5.65 Å². The van der Waals surface area contributed by atoms with Crippen LogP contribution in [-0.2, 0) is 20.0 Å². The molecule has 1 saturated heterocycles. The topological polar surface area (TPSA) is 51.2 Å². The van der Waals surface area contributed by atoms with E-state index in [0.29, 0.717) is 12.1 Å². The summed E-state index contributed by atoms with van der Waals surface area (Å²) in [7, 11) is 2.07. The summed E-state index contributed by atoms with van der Waals surface area (Å²) in [5.74, 6) is 0.